The third kappa shape index (κ3) is 4.88. The first-order valence-electron chi connectivity index (χ1n) is 8.50. The zero-order valence-electron chi connectivity index (χ0n) is 15.3. The van der Waals surface area contributed by atoms with Gasteiger partial charge in [0.2, 0.25) is 0 Å². The van der Waals surface area contributed by atoms with E-state index in [1.54, 1.807) is 6.07 Å². The van der Waals surface area contributed by atoms with Crippen LogP contribution < -0.4 is 20.9 Å². The van der Waals surface area contributed by atoms with E-state index in [1.807, 2.05) is 0 Å². The van der Waals surface area contributed by atoms with Crippen LogP contribution in [0.25, 0.3) is 0 Å². The van der Waals surface area contributed by atoms with Gasteiger partial charge in [0.05, 0.1) is 16.7 Å². The highest BCUT2D eigenvalue weighted by atomic mass is 19.4. The molecule has 0 aliphatic heterocycles. The molecule has 0 radical (unpaired) electrons. The molecule has 3 aromatic carbocycles. The molecule has 0 aliphatic carbocycles. The number of nitrogen functional groups attached to an aromatic ring is 2. The van der Waals surface area contributed by atoms with E-state index in [0.29, 0.717) is 11.8 Å². The fourth-order valence-electron chi connectivity index (χ4n) is 2.57. The summed E-state index contributed by atoms with van der Waals surface area (Å²) in [6.07, 6.45) is -4.90. The number of hydrogen-bond donors (Lipinski definition) is 2. The summed E-state index contributed by atoms with van der Waals surface area (Å²) < 4.78 is 50.5. The predicted molar refractivity (Wildman–Crippen MR) is 103 cm³/mol. The Morgan fingerprint density at radius 2 is 1.33 bits per heavy atom. The highest BCUT2D eigenvalue weighted by Gasteiger charge is 2.36. The van der Waals surface area contributed by atoms with Crippen molar-refractivity contribution in [1.82, 2.24) is 0 Å². The lowest BCUT2D eigenvalue weighted by Gasteiger charge is -2.14. The summed E-state index contributed by atoms with van der Waals surface area (Å²) in [7, 11) is 0. The van der Waals surface area contributed by atoms with Crippen LogP contribution in [0.15, 0.2) is 66.7 Å². The lowest BCUT2D eigenvalue weighted by atomic mass is 10.1. The van der Waals surface area contributed by atoms with E-state index in [4.69, 9.17) is 20.9 Å². The summed E-state index contributed by atoms with van der Waals surface area (Å²) in [5.74, 6) is -2.53. The fraction of sp³-hybridized carbons (Fsp3) is 0.0476. The molecule has 6 nitrogen and oxygen atoms in total. The van der Waals surface area contributed by atoms with E-state index >= 15 is 0 Å². The molecular formula is C21H15F3N2O4. The number of hydrogen-bond acceptors (Lipinski definition) is 6. The molecule has 0 atom stereocenters. The van der Waals surface area contributed by atoms with E-state index in [9.17, 15) is 22.8 Å². The van der Waals surface area contributed by atoms with Crippen LogP contribution in [0, 0.1) is 0 Å². The summed E-state index contributed by atoms with van der Waals surface area (Å²) in [4.78, 5) is 24.5. The number of carbonyl (C=O) groups is 2. The number of carbonyl (C=O) groups excluding carboxylic acids is 2. The number of esters is 2. The van der Waals surface area contributed by atoms with Crippen LogP contribution in [0.4, 0.5) is 24.5 Å². The number of nitrogens with two attached hydrogens (primary N) is 2. The topological polar surface area (TPSA) is 105 Å². The summed E-state index contributed by atoms with van der Waals surface area (Å²) in [5.41, 5.74) is 9.73. The van der Waals surface area contributed by atoms with Gasteiger partial charge in [-0.3, -0.25) is 0 Å². The Hall–Kier alpha value is -4.01. The minimum atomic E-state index is -4.90. The molecule has 0 saturated heterocycles. The van der Waals surface area contributed by atoms with Gasteiger partial charge >= 0.3 is 18.1 Å². The molecule has 0 heterocycles. The summed E-state index contributed by atoms with van der Waals surface area (Å²) in [5, 5.41) is 0. The summed E-state index contributed by atoms with van der Waals surface area (Å²) in [6.45, 7) is 0. The molecule has 0 saturated carbocycles. The Morgan fingerprint density at radius 1 is 0.733 bits per heavy atom. The van der Waals surface area contributed by atoms with Crippen molar-refractivity contribution >= 4 is 23.3 Å². The van der Waals surface area contributed by atoms with Gasteiger partial charge in [-0.1, -0.05) is 12.1 Å². The van der Waals surface area contributed by atoms with Crippen molar-refractivity contribution in [3.63, 3.8) is 0 Å². The smallest absolute Gasteiger partial charge is 0.417 e. The average molecular weight is 416 g/mol. The third-order valence-electron chi connectivity index (χ3n) is 3.92. The quantitative estimate of drug-likeness (QED) is 0.373. The van der Waals surface area contributed by atoms with Crippen molar-refractivity contribution in [3.8, 4) is 11.5 Å². The maximum atomic E-state index is 13.5. The first-order chi connectivity index (χ1) is 14.1. The Kier molecular flexibility index (Phi) is 5.63. The molecule has 9 heteroatoms. The molecule has 0 spiro atoms. The Morgan fingerprint density at radius 3 is 1.97 bits per heavy atom. The lowest BCUT2D eigenvalue weighted by Crippen LogP contribution is -2.18. The van der Waals surface area contributed by atoms with Crippen LogP contribution >= 0.6 is 0 Å². The highest BCUT2D eigenvalue weighted by molar-refractivity contribution is 5.94. The SMILES string of the molecule is Nc1cccc(OC(=O)c2ccc(OC(=O)c3cccc(N)c3)cc2C(F)(F)F)c1. The first-order valence-corrected chi connectivity index (χ1v) is 8.50. The second kappa shape index (κ2) is 8.16. The number of alkyl halides is 3. The predicted octanol–water partition coefficient (Wildman–Crippen LogP) is 4.31. The van der Waals surface area contributed by atoms with E-state index in [1.165, 1.54) is 42.5 Å². The van der Waals surface area contributed by atoms with Gasteiger partial charge in [-0.2, -0.15) is 13.2 Å². The Bertz CT molecular complexity index is 1110. The van der Waals surface area contributed by atoms with E-state index in [-0.39, 0.29) is 17.0 Å². The van der Waals surface area contributed by atoms with Crippen molar-refractivity contribution in [1.29, 1.82) is 0 Å². The van der Waals surface area contributed by atoms with Gasteiger partial charge in [0, 0.05) is 17.4 Å². The standard InChI is InChI=1S/C21H15F3N2O4/c22-21(23,24)18-11-16(29-19(27)12-3-1-4-13(25)9-12)7-8-17(18)20(28)30-15-6-2-5-14(26)10-15/h1-11H,25-26H2. The van der Waals surface area contributed by atoms with Gasteiger partial charge in [-0.05, 0) is 48.5 Å². The monoisotopic (exact) mass is 416 g/mol. The van der Waals surface area contributed by atoms with Crippen LogP contribution in [0.3, 0.4) is 0 Å². The van der Waals surface area contributed by atoms with Crippen molar-refractivity contribution < 1.29 is 32.2 Å². The molecule has 0 aliphatic rings. The van der Waals surface area contributed by atoms with Gasteiger partial charge < -0.3 is 20.9 Å². The van der Waals surface area contributed by atoms with E-state index in [2.05, 4.69) is 0 Å². The molecule has 30 heavy (non-hydrogen) atoms. The van der Waals surface area contributed by atoms with Gasteiger partial charge in [0.25, 0.3) is 0 Å². The molecule has 0 fully saturated rings. The zero-order chi connectivity index (χ0) is 21.9. The molecular weight excluding hydrogens is 401 g/mol. The molecule has 4 N–H and O–H groups in total. The number of halogens is 3. The third-order valence-corrected chi connectivity index (χ3v) is 3.92. The number of rotatable bonds is 4. The summed E-state index contributed by atoms with van der Waals surface area (Å²) in [6, 6.07) is 14.0. The Labute approximate surface area is 168 Å². The number of anilines is 2. The van der Waals surface area contributed by atoms with Crippen LogP contribution in [-0.2, 0) is 6.18 Å². The second-order valence-corrected chi connectivity index (χ2v) is 6.18. The van der Waals surface area contributed by atoms with Crippen LogP contribution in [-0.4, -0.2) is 11.9 Å². The maximum absolute atomic E-state index is 13.5. The molecule has 154 valence electrons. The minimum absolute atomic E-state index is 0.00899. The average Bonchev–Trinajstić information content (AvgIpc) is 2.67. The van der Waals surface area contributed by atoms with Gasteiger partial charge in [-0.15, -0.1) is 0 Å². The van der Waals surface area contributed by atoms with E-state index < -0.39 is 35.0 Å². The van der Waals surface area contributed by atoms with Crippen molar-refractivity contribution in [2.45, 2.75) is 6.18 Å². The van der Waals surface area contributed by atoms with Crippen molar-refractivity contribution in [3.05, 3.63) is 83.4 Å². The maximum Gasteiger partial charge on any atom is 0.417 e. The molecule has 0 unspecified atom stereocenters. The van der Waals surface area contributed by atoms with Gasteiger partial charge in [-0.25, -0.2) is 9.59 Å². The van der Waals surface area contributed by atoms with Crippen LogP contribution in [0.5, 0.6) is 11.5 Å². The Balaban J connectivity index is 1.88. The molecule has 0 aromatic heterocycles. The summed E-state index contributed by atoms with van der Waals surface area (Å²) >= 11 is 0. The van der Waals surface area contributed by atoms with Crippen LogP contribution in [0.2, 0.25) is 0 Å². The second-order valence-electron chi connectivity index (χ2n) is 6.18. The van der Waals surface area contributed by atoms with E-state index in [0.717, 1.165) is 12.1 Å². The number of benzene rings is 3. The lowest BCUT2D eigenvalue weighted by molar-refractivity contribution is -0.138. The molecule has 0 bridgehead atoms. The molecule has 0 amide bonds. The minimum Gasteiger partial charge on any atom is -0.423 e. The largest absolute Gasteiger partial charge is 0.423 e. The van der Waals surface area contributed by atoms with Crippen LogP contribution in [0.1, 0.15) is 26.3 Å². The van der Waals surface area contributed by atoms with Crippen molar-refractivity contribution in [2.75, 3.05) is 11.5 Å². The molecule has 3 aromatic rings. The fourth-order valence-corrected chi connectivity index (χ4v) is 2.57. The zero-order valence-corrected chi connectivity index (χ0v) is 15.3. The number of ether oxygens (including phenoxy) is 2. The van der Waals surface area contributed by atoms with Gasteiger partial charge in [0.1, 0.15) is 11.5 Å². The first kappa shape index (κ1) is 20.7. The molecule has 3 rings (SSSR count). The highest BCUT2D eigenvalue weighted by Crippen LogP contribution is 2.35. The normalized spacial score (nSPS) is 11.0. The van der Waals surface area contributed by atoms with Gasteiger partial charge in [0.15, 0.2) is 0 Å². The van der Waals surface area contributed by atoms with Crippen molar-refractivity contribution in [2.24, 2.45) is 0 Å².